The molecule has 0 atom stereocenters. The number of aromatic nitrogens is 3. The number of hydrogen-bond donors (Lipinski definition) is 2. The highest BCUT2D eigenvalue weighted by Gasteiger charge is 2.31. The van der Waals surface area contributed by atoms with E-state index in [-0.39, 0.29) is 17.4 Å². The van der Waals surface area contributed by atoms with Gasteiger partial charge in [-0.15, -0.1) is 10.2 Å². The minimum Gasteiger partial charge on any atom is -0.506 e. The van der Waals surface area contributed by atoms with Crippen molar-refractivity contribution in [2.75, 3.05) is 31.1 Å². The predicted molar refractivity (Wildman–Crippen MR) is 142 cm³/mol. The van der Waals surface area contributed by atoms with Gasteiger partial charge in [-0.05, 0) is 69.2 Å². The number of piperazine rings is 1. The third-order valence-corrected chi connectivity index (χ3v) is 8.38. The smallest absolute Gasteiger partial charge is 0.285 e. The number of anilines is 1. The van der Waals surface area contributed by atoms with Crippen LogP contribution in [-0.2, 0) is 10.0 Å². The molecule has 1 saturated heterocycles. The van der Waals surface area contributed by atoms with Crippen LogP contribution in [-0.4, -0.2) is 76.3 Å². The molecule has 1 aliphatic heterocycles. The molecule has 4 rings (SSSR count). The first kappa shape index (κ1) is 27.0. The second kappa shape index (κ2) is 10.4. The molecule has 12 heteroatoms. The Morgan fingerprint density at radius 3 is 2.26 bits per heavy atom. The first-order valence-electron chi connectivity index (χ1n) is 12.1. The van der Waals surface area contributed by atoms with Gasteiger partial charge >= 0.3 is 0 Å². The zero-order valence-corrected chi connectivity index (χ0v) is 22.5. The molecule has 2 aromatic heterocycles. The predicted octanol–water partition coefficient (Wildman–Crippen LogP) is 2.37. The SMILES string of the molecule is Cc1cc(C(=O)N2CCN(c3ccc(C(=O)NS(=O)(=O)C(C)(C)C)nn3)CC2)ccc1-c1cncc(O)c1. The molecule has 3 heterocycles. The highest BCUT2D eigenvalue weighted by Crippen LogP contribution is 2.27. The summed E-state index contributed by atoms with van der Waals surface area (Å²) >= 11 is 0. The van der Waals surface area contributed by atoms with Crippen LogP contribution >= 0.6 is 0 Å². The summed E-state index contributed by atoms with van der Waals surface area (Å²) in [5.41, 5.74) is 3.04. The van der Waals surface area contributed by atoms with E-state index >= 15 is 0 Å². The number of aromatic hydroxyl groups is 1. The van der Waals surface area contributed by atoms with Crippen molar-refractivity contribution < 1.29 is 23.1 Å². The van der Waals surface area contributed by atoms with E-state index in [2.05, 4.69) is 15.2 Å². The number of pyridine rings is 1. The number of nitrogens with one attached hydrogen (secondary N) is 1. The maximum Gasteiger partial charge on any atom is 0.285 e. The summed E-state index contributed by atoms with van der Waals surface area (Å²) in [5.74, 6) is -0.300. The number of rotatable bonds is 5. The monoisotopic (exact) mass is 538 g/mol. The van der Waals surface area contributed by atoms with Crippen molar-refractivity contribution in [1.82, 2.24) is 24.8 Å². The Kier molecular flexibility index (Phi) is 7.36. The molecule has 0 bridgehead atoms. The maximum atomic E-state index is 13.1. The number of sulfonamides is 1. The molecule has 0 aliphatic carbocycles. The highest BCUT2D eigenvalue weighted by atomic mass is 32.2. The van der Waals surface area contributed by atoms with Crippen LogP contribution in [0.25, 0.3) is 11.1 Å². The zero-order valence-electron chi connectivity index (χ0n) is 21.7. The molecule has 1 aliphatic rings. The van der Waals surface area contributed by atoms with Crippen LogP contribution in [0.2, 0.25) is 0 Å². The molecule has 1 fully saturated rings. The van der Waals surface area contributed by atoms with Crippen LogP contribution in [0.15, 0.2) is 48.8 Å². The van der Waals surface area contributed by atoms with Gasteiger partial charge in [-0.25, -0.2) is 13.1 Å². The molecule has 0 radical (unpaired) electrons. The van der Waals surface area contributed by atoms with Crippen LogP contribution in [0, 0.1) is 6.92 Å². The fourth-order valence-corrected chi connectivity index (χ4v) is 4.61. The molecule has 0 spiro atoms. The summed E-state index contributed by atoms with van der Waals surface area (Å²) in [6, 6.07) is 10.1. The van der Waals surface area contributed by atoms with Crippen molar-refractivity contribution in [1.29, 1.82) is 0 Å². The van der Waals surface area contributed by atoms with Crippen LogP contribution in [0.4, 0.5) is 5.82 Å². The van der Waals surface area contributed by atoms with Crippen LogP contribution in [0.5, 0.6) is 5.75 Å². The summed E-state index contributed by atoms with van der Waals surface area (Å²) in [7, 11) is -3.86. The van der Waals surface area contributed by atoms with Crippen molar-refractivity contribution in [3.05, 3.63) is 65.6 Å². The molecule has 38 heavy (non-hydrogen) atoms. The summed E-state index contributed by atoms with van der Waals surface area (Å²) in [4.78, 5) is 33.2. The zero-order chi connectivity index (χ0) is 27.7. The standard InChI is InChI=1S/C26H30N6O5S/c1-17-13-18(5-6-21(17)19-14-20(33)16-27-15-19)25(35)32-11-9-31(10-12-32)23-8-7-22(28-29-23)24(34)30-38(36,37)26(2,3)4/h5-8,13-16,33H,9-12H2,1-4H3,(H,30,34). The lowest BCUT2D eigenvalue weighted by atomic mass is 9.99. The summed E-state index contributed by atoms with van der Waals surface area (Å²) < 4.78 is 25.3. The Morgan fingerprint density at radius 2 is 1.68 bits per heavy atom. The molecule has 0 unspecified atom stereocenters. The minimum absolute atomic E-state index is 0.0773. The highest BCUT2D eigenvalue weighted by molar-refractivity contribution is 7.91. The Labute approximate surface area is 221 Å². The molecule has 200 valence electrons. The second-order valence-electron chi connectivity index (χ2n) is 10.1. The second-order valence-corrected chi connectivity index (χ2v) is 12.5. The fourth-order valence-electron chi connectivity index (χ4n) is 3.96. The van der Waals surface area contributed by atoms with E-state index in [0.717, 1.165) is 16.7 Å². The van der Waals surface area contributed by atoms with Crippen LogP contribution in [0.3, 0.4) is 0 Å². The van der Waals surface area contributed by atoms with Crippen LogP contribution < -0.4 is 9.62 Å². The van der Waals surface area contributed by atoms with Gasteiger partial charge in [0, 0.05) is 43.5 Å². The average Bonchev–Trinajstić information content (AvgIpc) is 2.87. The topological polar surface area (TPSA) is 146 Å². The maximum absolute atomic E-state index is 13.1. The normalized spacial score (nSPS) is 14.3. The van der Waals surface area contributed by atoms with Gasteiger partial charge in [0.1, 0.15) is 5.75 Å². The van der Waals surface area contributed by atoms with E-state index in [4.69, 9.17) is 0 Å². The molecule has 1 aromatic carbocycles. The third-order valence-electron chi connectivity index (χ3n) is 6.32. The molecular weight excluding hydrogens is 508 g/mol. The van der Waals surface area contributed by atoms with Gasteiger partial charge in [-0.1, -0.05) is 6.07 Å². The Bertz CT molecular complexity index is 1460. The quantitative estimate of drug-likeness (QED) is 0.500. The summed E-state index contributed by atoms with van der Waals surface area (Å²) in [6.07, 6.45) is 3.03. The number of carbonyl (C=O) groups is 2. The number of carbonyl (C=O) groups excluding carboxylic acids is 2. The number of aryl methyl sites for hydroxylation is 1. The lowest BCUT2D eigenvalue weighted by molar-refractivity contribution is 0.0746. The van der Waals surface area contributed by atoms with E-state index in [1.54, 1.807) is 29.3 Å². The van der Waals surface area contributed by atoms with E-state index in [1.165, 1.54) is 33.0 Å². The van der Waals surface area contributed by atoms with Crippen LogP contribution in [0.1, 0.15) is 47.2 Å². The first-order chi connectivity index (χ1) is 17.9. The van der Waals surface area contributed by atoms with Gasteiger partial charge in [-0.2, -0.15) is 0 Å². The van der Waals surface area contributed by atoms with Gasteiger partial charge in [0.05, 0.1) is 10.9 Å². The molecule has 11 nitrogen and oxygen atoms in total. The number of amides is 2. The van der Waals surface area contributed by atoms with Crippen molar-refractivity contribution in [3.8, 4) is 16.9 Å². The lowest BCUT2D eigenvalue weighted by Crippen LogP contribution is -2.49. The first-order valence-corrected chi connectivity index (χ1v) is 13.5. The lowest BCUT2D eigenvalue weighted by Gasteiger charge is -2.35. The number of hydrogen-bond acceptors (Lipinski definition) is 9. The number of nitrogens with zero attached hydrogens (tertiary/aromatic N) is 5. The van der Waals surface area contributed by atoms with Gasteiger partial charge in [-0.3, -0.25) is 14.6 Å². The fraction of sp³-hybridized carbons (Fsp3) is 0.346. The van der Waals surface area contributed by atoms with Gasteiger partial charge < -0.3 is 14.9 Å². The Hall–Kier alpha value is -4.06. The van der Waals surface area contributed by atoms with Crippen molar-refractivity contribution in [2.45, 2.75) is 32.4 Å². The van der Waals surface area contributed by atoms with Gasteiger partial charge in [0.15, 0.2) is 11.5 Å². The van der Waals surface area contributed by atoms with Crippen molar-refractivity contribution >= 4 is 27.7 Å². The molecule has 0 saturated carbocycles. The third kappa shape index (κ3) is 5.75. The van der Waals surface area contributed by atoms with Crippen molar-refractivity contribution in [2.24, 2.45) is 0 Å². The van der Waals surface area contributed by atoms with E-state index in [9.17, 15) is 23.1 Å². The van der Waals surface area contributed by atoms with Crippen molar-refractivity contribution in [3.63, 3.8) is 0 Å². The molecule has 3 aromatic rings. The largest absolute Gasteiger partial charge is 0.506 e. The van der Waals surface area contributed by atoms with E-state index in [1.807, 2.05) is 28.7 Å². The van der Waals surface area contributed by atoms with E-state index in [0.29, 0.717) is 37.6 Å². The molecule has 2 amide bonds. The van der Waals surface area contributed by atoms with E-state index < -0.39 is 20.7 Å². The van der Waals surface area contributed by atoms with Gasteiger partial charge in [0.25, 0.3) is 11.8 Å². The summed E-state index contributed by atoms with van der Waals surface area (Å²) in [6.45, 7) is 8.39. The Morgan fingerprint density at radius 1 is 0.974 bits per heavy atom. The average molecular weight is 539 g/mol. The minimum atomic E-state index is -3.86. The molecular formula is C26H30N6O5S. The molecule has 2 N–H and O–H groups in total. The van der Waals surface area contributed by atoms with Gasteiger partial charge in [0.2, 0.25) is 10.0 Å². The summed E-state index contributed by atoms with van der Waals surface area (Å²) in [5, 5.41) is 17.7. The Balaban J connectivity index is 1.37. The number of benzene rings is 1.